The lowest BCUT2D eigenvalue weighted by molar-refractivity contribution is -0.119. The number of nitriles is 1. The van der Waals surface area contributed by atoms with Crippen molar-refractivity contribution in [2.24, 2.45) is 5.73 Å². The summed E-state index contributed by atoms with van der Waals surface area (Å²) in [7, 11) is 0. The Morgan fingerprint density at radius 1 is 1.53 bits per heavy atom. The van der Waals surface area contributed by atoms with Crippen LogP contribution in [0.3, 0.4) is 0 Å². The number of hydrogen-bond donors (Lipinski definition) is 2. The van der Waals surface area contributed by atoms with Crippen LogP contribution in [0.25, 0.3) is 0 Å². The first-order chi connectivity index (χ1) is 9.17. The lowest BCUT2D eigenvalue weighted by atomic mass is 10.1. The molecule has 1 aliphatic heterocycles. The summed E-state index contributed by atoms with van der Waals surface area (Å²) < 4.78 is 0. The molecule has 1 amide bonds. The van der Waals surface area contributed by atoms with Crippen LogP contribution in [0, 0.1) is 11.3 Å². The van der Waals surface area contributed by atoms with Crippen molar-refractivity contribution in [1.29, 1.82) is 5.26 Å². The molecule has 1 saturated heterocycles. The molecule has 0 bridgehead atoms. The third-order valence-corrected chi connectivity index (χ3v) is 4.29. The molecule has 0 saturated carbocycles. The molecule has 2 heterocycles. The van der Waals surface area contributed by atoms with E-state index in [4.69, 9.17) is 11.0 Å². The molecule has 2 rings (SSSR count). The van der Waals surface area contributed by atoms with Crippen molar-refractivity contribution in [2.75, 3.05) is 19.6 Å². The molecule has 102 valence electrons. The number of nitrogens with two attached hydrogens (primary N) is 1. The van der Waals surface area contributed by atoms with Gasteiger partial charge in [-0.25, -0.2) is 0 Å². The fourth-order valence-corrected chi connectivity index (χ4v) is 3.05. The van der Waals surface area contributed by atoms with Gasteiger partial charge in [-0.15, -0.1) is 11.3 Å². The number of thiophene rings is 1. The zero-order chi connectivity index (χ0) is 13.7. The SMILES string of the molecule is N#Cc1ccc(CNC2CCN(CC(N)=O)CC2)s1. The highest BCUT2D eigenvalue weighted by molar-refractivity contribution is 7.12. The first-order valence-corrected chi connectivity index (χ1v) is 7.22. The van der Waals surface area contributed by atoms with Crippen molar-refractivity contribution in [3.63, 3.8) is 0 Å². The van der Waals surface area contributed by atoms with E-state index in [0.29, 0.717) is 12.6 Å². The van der Waals surface area contributed by atoms with Gasteiger partial charge in [-0.3, -0.25) is 9.69 Å². The number of piperidine rings is 1. The lowest BCUT2D eigenvalue weighted by Crippen LogP contribution is -2.44. The van der Waals surface area contributed by atoms with Crippen molar-refractivity contribution in [2.45, 2.75) is 25.4 Å². The van der Waals surface area contributed by atoms with E-state index in [-0.39, 0.29) is 5.91 Å². The third kappa shape index (κ3) is 4.31. The van der Waals surface area contributed by atoms with E-state index in [1.54, 1.807) is 0 Å². The second kappa shape index (κ2) is 6.66. The number of carbonyl (C=O) groups excluding carboxylic acids is 1. The first kappa shape index (κ1) is 14.0. The highest BCUT2D eigenvalue weighted by Gasteiger charge is 2.19. The average molecular weight is 278 g/mol. The van der Waals surface area contributed by atoms with E-state index in [1.165, 1.54) is 16.2 Å². The number of nitrogens with one attached hydrogen (secondary N) is 1. The molecule has 19 heavy (non-hydrogen) atoms. The predicted molar refractivity (Wildman–Crippen MR) is 74.5 cm³/mol. The Kier molecular flexibility index (Phi) is 4.91. The number of primary amides is 1. The van der Waals surface area contributed by atoms with Gasteiger partial charge in [-0.2, -0.15) is 5.26 Å². The number of likely N-dealkylation sites (tertiary alicyclic amines) is 1. The van der Waals surface area contributed by atoms with Gasteiger partial charge in [0.2, 0.25) is 5.91 Å². The second-order valence-electron chi connectivity index (χ2n) is 4.78. The highest BCUT2D eigenvalue weighted by Crippen LogP contribution is 2.16. The van der Waals surface area contributed by atoms with E-state index in [1.807, 2.05) is 12.1 Å². The maximum atomic E-state index is 10.8. The summed E-state index contributed by atoms with van der Waals surface area (Å²) >= 11 is 1.54. The van der Waals surface area contributed by atoms with E-state index >= 15 is 0 Å². The molecule has 1 aromatic rings. The molecule has 0 spiro atoms. The van der Waals surface area contributed by atoms with Crippen LogP contribution >= 0.6 is 11.3 Å². The molecule has 0 radical (unpaired) electrons. The molecule has 1 aromatic heterocycles. The van der Waals surface area contributed by atoms with E-state index in [9.17, 15) is 4.79 Å². The predicted octanol–water partition coefficient (Wildman–Crippen LogP) is 0.659. The summed E-state index contributed by atoms with van der Waals surface area (Å²) in [4.78, 5) is 14.9. The number of amides is 1. The van der Waals surface area contributed by atoms with Gasteiger partial charge >= 0.3 is 0 Å². The van der Waals surface area contributed by atoms with Crippen molar-refractivity contribution < 1.29 is 4.79 Å². The van der Waals surface area contributed by atoms with Gasteiger partial charge in [0.25, 0.3) is 0 Å². The minimum atomic E-state index is -0.256. The van der Waals surface area contributed by atoms with Gasteiger partial charge in [0.05, 0.1) is 6.54 Å². The van der Waals surface area contributed by atoms with Crippen molar-refractivity contribution in [1.82, 2.24) is 10.2 Å². The molecule has 0 atom stereocenters. The number of nitrogens with zero attached hydrogens (tertiary/aromatic N) is 2. The Labute approximate surface area is 117 Å². The highest BCUT2D eigenvalue weighted by atomic mass is 32.1. The summed E-state index contributed by atoms with van der Waals surface area (Å²) in [5.41, 5.74) is 5.19. The standard InChI is InChI=1S/C13H18N4OS/c14-7-11-1-2-12(19-11)8-16-10-3-5-17(6-4-10)9-13(15)18/h1-2,10,16H,3-6,8-9H2,(H2,15,18). The largest absolute Gasteiger partial charge is 0.369 e. The zero-order valence-electron chi connectivity index (χ0n) is 10.8. The van der Waals surface area contributed by atoms with Gasteiger partial charge in [-0.1, -0.05) is 0 Å². The normalized spacial score (nSPS) is 17.2. The van der Waals surface area contributed by atoms with Gasteiger partial charge in [0.1, 0.15) is 10.9 Å². The maximum Gasteiger partial charge on any atom is 0.231 e. The summed E-state index contributed by atoms with van der Waals surface area (Å²) in [5, 5.41) is 12.3. The molecule has 0 aliphatic carbocycles. The topological polar surface area (TPSA) is 82.2 Å². The summed E-state index contributed by atoms with van der Waals surface area (Å²) in [6, 6.07) is 6.49. The Bertz CT molecular complexity index is 471. The van der Waals surface area contributed by atoms with Gasteiger partial charge < -0.3 is 11.1 Å². The fourth-order valence-electron chi connectivity index (χ4n) is 2.29. The number of rotatable bonds is 5. The minimum absolute atomic E-state index is 0.256. The molecule has 1 fully saturated rings. The Morgan fingerprint density at radius 3 is 2.84 bits per heavy atom. The van der Waals surface area contributed by atoms with Crippen LogP contribution in [0.2, 0.25) is 0 Å². The molecule has 6 heteroatoms. The van der Waals surface area contributed by atoms with Crippen LogP contribution in [0.1, 0.15) is 22.6 Å². The summed E-state index contributed by atoms with van der Waals surface area (Å²) in [6.45, 7) is 3.00. The van der Waals surface area contributed by atoms with Crippen LogP contribution in [0.15, 0.2) is 12.1 Å². The van der Waals surface area contributed by atoms with E-state index < -0.39 is 0 Å². The van der Waals surface area contributed by atoms with Crippen LogP contribution in [-0.4, -0.2) is 36.5 Å². The monoisotopic (exact) mass is 278 g/mol. The summed E-state index contributed by atoms with van der Waals surface area (Å²) in [6.07, 6.45) is 2.06. The smallest absolute Gasteiger partial charge is 0.231 e. The van der Waals surface area contributed by atoms with E-state index in [0.717, 1.165) is 37.4 Å². The van der Waals surface area contributed by atoms with Crippen LogP contribution < -0.4 is 11.1 Å². The van der Waals surface area contributed by atoms with Crippen LogP contribution in [0.5, 0.6) is 0 Å². The van der Waals surface area contributed by atoms with Crippen molar-refractivity contribution in [3.05, 3.63) is 21.9 Å². The lowest BCUT2D eigenvalue weighted by Gasteiger charge is -2.31. The molecule has 3 N–H and O–H groups in total. The van der Waals surface area contributed by atoms with Crippen LogP contribution in [0.4, 0.5) is 0 Å². The fraction of sp³-hybridized carbons (Fsp3) is 0.538. The van der Waals surface area contributed by atoms with Gasteiger partial charge in [0, 0.05) is 30.6 Å². The van der Waals surface area contributed by atoms with Crippen molar-refractivity contribution >= 4 is 17.2 Å². The molecule has 0 unspecified atom stereocenters. The van der Waals surface area contributed by atoms with Crippen molar-refractivity contribution in [3.8, 4) is 6.07 Å². The van der Waals surface area contributed by atoms with E-state index in [2.05, 4.69) is 16.3 Å². The Morgan fingerprint density at radius 2 is 2.26 bits per heavy atom. The molecule has 5 nitrogen and oxygen atoms in total. The zero-order valence-corrected chi connectivity index (χ0v) is 11.6. The number of hydrogen-bond acceptors (Lipinski definition) is 5. The molecule has 1 aliphatic rings. The number of carbonyl (C=O) groups is 1. The average Bonchev–Trinajstić information content (AvgIpc) is 2.85. The van der Waals surface area contributed by atoms with Gasteiger partial charge in [-0.05, 0) is 25.0 Å². The molecule has 0 aromatic carbocycles. The quantitative estimate of drug-likeness (QED) is 0.829. The van der Waals surface area contributed by atoms with Crippen LogP contribution in [-0.2, 0) is 11.3 Å². The molecular formula is C13H18N4OS. The van der Waals surface area contributed by atoms with Gasteiger partial charge in [0.15, 0.2) is 0 Å². The minimum Gasteiger partial charge on any atom is -0.369 e. The Balaban J connectivity index is 1.71. The second-order valence-corrected chi connectivity index (χ2v) is 5.94. The third-order valence-electron chi connectivity index (χ3n) is 3.30. The Hall–Kier alpha value is -1.42. The first-order valence-electron chi connectivity index (χ1n) is 6.40. The summed E-state index contributed by atoms with van der Waals surface area (Å²) in [5.74, 6) is -0.256. The maximum absolute atomic E-state index is 10.8. The molecular weight excluding hydrogens is 260 g/mol.